The number of anilines is 1. The summed E-state index contributed by atoms with van der Waals surface area (Å²) in [5.74, 6) is -0.912. The molecule has 0 radical (unpaired) electrons. The molecule has 2 rings (SSSR count). The van der Waals surface area contributed by atoms with Gasteiger partial charge < -0.3 is 5.32 Å². The number of hydrogen-bond acceptors (Lipinski definition) is 5. The number of unbranched alkanes of at least 4 members (excludes halogenated alkanes) is 1. The normalized spacial score (nSPS) is 14.4. The van der Waals surface area contributed by atoms with Crippen molar-refractivity contribution in [2.45, 2.75) is 51.7 Å². The maximum Gasteiger partial charge on any atom is 0.261 e. The molecule has 8 nitrogen and oxygen atoms in total. The van der Waals surface area contributed by atoms with Gasteiger partial charge in [-0.3, -0.25) is 19.3 Å². The first-order chi connectivity index (χ1) is 13.0. The van der Waals surface area contributed by atoms with Crippen LogP contribution in [0.3, 0.4) is 0 Å². The lowest BCUT2D eigenvalue weighted by molar-refractivity contribution is -0.116. The summed E-state index contributed by atoms with van der Waals surface area (Å²) in [6, 6.07) is 4.65. The minimum absolute atomic E-state index is 0.224. The monoisotopic (exact) mass is 409 g/mol. The molecule has 0 fully saturated rings. The van der Waals surface area contributed by atoms with Crippen LogP contribution in [0.4, 0.5) is 5.69 Å². The molecule has 0 spiro atoms. The third kappa shape index (κ3) is 4.77. The van der Waals surface area contributed by atoms with Gasteiger partial charge in [-0.1, -0.05) is 0 Å². The summed E-state index contributed by atoms with van der Waals surface area (Å²) >= 11 is 0. The zero-order valence-corrected chi connectivity index (χ0v) is 17.5. The van der Waals surface area contributed by atoms with Crippen molar-refractivity contribution in [3.63, 3.8) is 0 Å². The summed E-state index contributed by atoms with van der Waals surface area (Å²) < 4.78 is 25.5. The summed E-state index contributed by atoms with van der Waals surface area (Å²) in [6.07, 6.45) is 1.28. The van der Waals surface area contributed by atoms with E-state index in [9.17, 15) is 22.8 Å². The molecule has 1 aromatic carbocycles. The molecule has 28 heavy (non-hydrogen) atoms. The molecule has 1 aliphatic rings. The topological polar surface area (TPSA) is 113 Å². The average molecular weight is 410 g/mol. The lowest BCUT2D eigenvalue weighted by atomic mass is 10.1. The quantitative estimate of drug-likeness (QED) is 0.504. The Balaban J connectivity index is 1.83. The predicted octanol–water partition coefficient (Wildman–Crippen LogP) is 2.13. The number of sulfonamides is 1. The van der Waals surface area contributed by atoms with E-state index in [-0.39, 0.29) is 30.7 Å². The van der Waals surface area contributed by atoms with Crippen molar-refractivity contribution in [2.75, 3.05) is 18.4 Å². The van der Waals surface area contributed by atoms with Gasteiger partial charge in [-0.2, -0.15) is 0 Å². The minimum atomic E-state index is -3.38. The third-order valence-corrected chi connectivity index (χ3v) is 6.70. The maximum absolute atomic E-state index is 12.2. The summed E-state index contributed by atoms with van der Waals surface area (Å²) in [5.41, 5.74) is 1.09. The second kappa shape index (κ2) is 8.40. The fourth-order valence-electron chi connectivity index (χ4n) is 2.71. The number of hydrogen-bond donors (Lipinski definition) is 2. The number of amides is 3. The fraction of sp³-hybridized carbons (Fsp3) is 0.526. The van der Waals surface area contributed by atoms with Crippen LogP contribution in [0.5, 0.6) is 0 Å². The second-order valence-corrected chi connectivity index (χ2v) is 10.2. The molecule has 0 aromatic heterocycles. The van der Waals surface area contributed by atoms with Gasteiger partial charge in [0.15, 0.2) is 0 Å². The number of nitrogens with zero attached hydrogens (tertiary/aromatic N) is 1. The molecule has 0 saturated carbocycles. The van der Waals surface area contributed by atoms with Crippen molar-refractivity contribution in [1.29, 1.82) is 0 Å². The van der Waals surface area contributed by atoms with E-state index in [1.165, 1.54) is 6.07 Å². The molecule has 9 heteroatoms. The minimum Gasteiger partial charge on any atom is -0.326 e. The second-order valence-electron chi connectivity index (χ2n) is 7.63. The summed E-state index contributed by atoms with van der Waals surface area (Å²) in [6.45, 7) is 7.17. The van der Waals surface area contributed by atoms with Crippen LogP contribution >= 0.6 is 0 Å². The Morgan fingerprint density at radius 2 is 1.71 bits per heavy atom. The van der Waals surface area contributed by atoms with E-state index < -0.39 is 14.8 Å². The van der Waals surface area contributed by atoms with E-state index in [1.54, 1.807) is 39.8 Å². The molecule has 1 heterocycles. The summed E-state index contributed by atoms with van der Waals surface area (Å²) in [7, 11) is -3.38. The number of rotatable bonds is 8. The molecule has 0 atom stereocenters. The van der Waals surface area contributed by atoms with Gasteiger partial charge in [0, 0.05) is 25.2 Å². The van der Waals surface area contributed by atoms with Crippen LogP contribution in [0.15, 0.2) is 18.2 Å². The number of carbonyl (C=O) groups excluding carboxylic acids is 3. The molecule has 0 aliphatic carbocycles. The predicted molar refractivity (Wildman–Crippen MR) is 107 cm³/mol. The highest BCUT2D eigenvalue weighted by Crippen LogP contribution is 2.25. The lowest BCUT2D eigenvalue weighted by Gasteiger charge is -2.19. The van der Waals surface area contributed by atoms with Gasteiger partial charge in [0.25, 0.3) is 11.8 Å². The van der Waals surface area contributed by atoms with Gasteiger partial charge in [0.1, 0.15) is 0 Å². The number of carbonyl (C=O) groups is 3. The van der Waals surface area contributed by atoms with Gasteiger partial charge in [0.05, 0.1) is 15.9 Å². The first kappa shape index (κ1) is 22.0. The van der Waals surface area contributed by atoms with Gasteiger partial charge in [0.2, 0.25) is 15.9 Å². The third-order valence-electron chi connectivity index (χ3n) is 4.50. The fourth-order valence-corrected chi connectivity index (χ4v) is 3.56. The average Bonchev–Trinajstić information content (AvgIpc) is 2.83. The van der Waals surface area contributed by atoms with Crippen molar-refractivity contribution in [1.82, 2.24) is 9.62 Å². The first-order valence-electron chi connectivity index (χ1n) is 9.27. The van der Waals surface area contributed by atoms with Gasteiger partial charge in [-0.15, -0.1) is 0 Å². The van der Waals surface area contributed by atoms with Crippen molar-refractivity contribution in [2.24, 2.45) is 0 Å². The molecule has 1 aliphatic heterocycles. The molecule has 2 N–H and O–H groups in total. The van der Waals surface area contributed by atoms with E-state index in [1.807, 2.05) is 0 Å². The van der Waals surface area contributed by atoms with E-state index in [2.05, 4.69) is 10.0 Å². The smallest absolute Gasteiger partial charge is 0.261 e. The maximum atomic E-state index is 12.2. The highest BCUT2D eigenvalue weighted by molar-refractivity contribution is 7.90. The first-order valence-corrected chi connectivity index (χ1v) is 10.8. The van der Waals surface area contributed by atoms with Crippen LogP contribution < -0.4 is 10.0 Å². The van der Waals surface area contributed by atoms with Crippen LogP contribution in [-0.4, -0.2) is 48.9 Å². The number of benzene rings is 1. The van der Waals surface area contributed by atoms with E-state index in [0.29, 0.717) is 36.2 Å². The van der Waals surface area contributed by atoms with Crippen molar-refractivity contribution >= 4 is 33.4 Å². The standard InChI is InChI=1S/C19H27N3O5S/c1-5-22-17(24)14-10-9-13(12-15(14)18(22)25)21-16(23)8-6-7-11-20-28(26,27)19(2,3)4/h9-10,12,20H,5-8,11H2,1-4H3,(H,21,23). The Labute approximate surface area is 165 Å². The van der Waals surface area contributed by atoms with Crippen LogP contribution in [0.2, 0.25) is 0 Å². The van der Waals surface area contributed by atoms with Gasteiger partial charge in [-0.05, 0) is 58.7 Å². The van der Waals surface area contributed by atoms with Crippen molar-refractivity contribution < 1.29 is 22.8 Å². The largest absolute Gasteiger partial charge is 0.326 e. The molecular formula is C19H27N3O5S. The van der Waals surface area contributed by atoms with E-state index in [4.69, 9.17) is 0 Å². The summed E-state index contributed by atoms with van der Waals surface area (Å²) in [4.78, 5) is 37.5. The molecule has 0 unspecified atom stereocenters. The number of nitrogens with one attached hydrogen (secondary N) is 2. The Bertz CT molecular complexity index is 887. The van der Waals surface area contributed by atoms with Crippen LogP contribution in [0, 0.1) is 0 Å². The lowest BCUT2D eigenvalue weighted by Crippen LogP contribution is -2.39. The molecule has 0 saturated heterocycles. The Morgan fingerprint density at radius 1 is 1.07 bits per heavy atom. The van der Waals surface area contributed by atoms with Crippen molar-refractivity contribution in [3.8, 4) is 0 Å². The van der Waals surface area contributed by atoms with E-state index >= 15 is 0 Å². The number of imide groups is 1. The molecular weight excluding hydrogens is 382 g/mol. The zero-order chi connectivity index (χ0) is 21.1. The van der Waals surface area contributed by atoms with E-state index in [0.717, 1.165) is 4.90 Å². The molecule has 154 valence electrons. The number of fused-ring (bicyclic) bond motifs is 1. The highest BCUT2D eigenvalue weighted by atomic mass is 32.2. The molecule has 3 amide bonds. The van der Waals surface area contributed by atoms with Crippen molar-refractivity contribution in [3.05, 3.63) is 29.3 Å². The molecule has 1 aromatic rings. The van der Waals surface area contributed by atoms with Crippen LogP contribution in [0.1, 0.15) is 67.7 Å². The van der Waals surface area contributed by atoms with Gasteiger partial charge >= 0.3 is 0 Å². The van der Waals surface area contributed by atoms with Crippen LogP contribution in [0.25, 0.3) is 0 Å². The Hall–Kier alpha value is -2.26. The summed E-state index contributed by atoms with van der Waals surface area (Å²) in [5, 5.41) is 2.71. The SMILES string of the molecule is CCN1C(=O)c2ccc(NC(=O)CCCCNS(=O)(=O)C(C)(C)C)cc2C1=O. The molecule has 0 bridgehead atoms. The van der Waals surface area contributed by atoms with Gasteiger partial charge in [-0.25, -0.2) is 13.1 Å². The zero-order valence-electron chi connectivity index (χ0n) is 16.7. The van der Waals surface area contributed by atoms with Crippen LogP contribution in [-0.2, 0) is 14.8 Å². The Kier molecular flexibility index (Phi) is 6.61. The highest BCUT2D eigenvalue weighted by Gasteiger charge is 2.34. The Morgan fingerprint density at radius 3 is 2.32 bits per heavy atom.